The van der Waals surface area contributed by atoms with Gasteiger partial charge in [0.15, 0.2) is 0 Å². The molecule has 3 heteroatoms. The topological polar surface area (TPSA) is 0 Å². The number of benzene rings is 3. The molecule has 219 valence electrons. The van der Waals surface area contributed by atoms with Gasteiger partial charge in [0.2, 0.25) is 0 Å². The number of hydrogen-bond acceptors (Lipinski definition) is 0. The van der Waals surface area contributed by atoms with Gasteiger partial charge in [0.1, 0.15) is 0 Å². The van der Waals surface area contributed by atoms with Gasteiger partial charge in [-0.2, -0.15) is 0 Å². The summed E-state index contributed by atoms with van der Waals surface area (Å²) < 4.78 is 10.2. The quantitative estimate of drug-likeness (QED) is 0.204. The summed E-state index contributed by atoms with van der Waals surface area (Å²) in [6, 6.07) is 23.5. The predicted molar refractivity (Wildman–Crippen MR) is 184 cm³/mol. The number of halogens is 2. The molecule has 0 radical (unpaired) electrons. The van der Waals surface area contributed by atoms with Gasteiger partial charge in [0.25, 0.3) is 0 Å². The standard InChI is InChI=1S/C21H25.C10H15.C6H5.CH2.2ClH.Zr/c1-20(2,3)16-7-9-18-14(12-16)11-15-13-17(21(4,5)6)8-10-19(15)18;1-8-5-6-9(7-8)10(2,3)4;1-2-4-6-5-3-1;;;;/h7-10,12H,11H2,1-6H3;6-8H,1-4H3;1-5H;1H2;2*1H;. The molecule has 2 unspecified atom stereocenters. The molecule has 0 nitrogen and oxygen atoms in total. The van der Waals surface area contributed by atoms with E-state index < -0.39 is 19.8 Å². The SMILES string of the molecule is Cl.Cl.[CH2]=[Zr]([C]1=CC(C(C)(C)C)=CC1C)([c]1ccccc1)[c]1c(C(C)(C)C)ccc2c1Cc1cc(C(C)(C)C)ccc1-2. The van der Waals surface area contributed by atoms with E-state index in [1.165, 1.54) is 36.7 Å². The van der Waals surface area contributed by atoms with Crippen LogP contribution in [0.4, 0.5) is 0 Å². The molecular weight excluding hydrogens is 619 g/mol. The molecule has 0 bridgehead atoms. The van der Waals surface area contributed by atoms with Gasteiger partial charge in [-0.15, -0.1) is 24.8 Å². The van der Waals surface area contributed by atoms with Crippen LogP contribution >= 0.6 is 24.8 Å². The Kier molecular flexibility index (Phi) is 9.55. The van der Waals surface area contributed by atoms with Crippen LogP contribution < -0.4 is 6.54 Å². The first kappa shape index (κ1) is 34.0. The summed E-state index contributed by atoms with van der Waals surface area (Å²) in [7, 11) is 0. The second-order valence-electron chi connectivity index (χ2n) is 15.1. The van der Waals surface area contributed by atoms with Crippen molar-refractivity contribution in [3.05, 3.63) is 104 Å². The summed E-state index contributed by atoms with van der Waals surface area (Å²) >= 11 is -3.67. The minimum absolute atomic E-state index is 0. The van der Waals surface area contributed by atoms with Crippen molar-refractivity contribution in [1.29, 1.82) is 0 Å². The van der Waals surface area contributed by atoms with Crippen LogP contribution in [0.5, 0.6) is 0 Å². The first-order valence-corrected chi connectivity index (χ1v) is 20.1. The van der Waals surface area contributed by atoms with E-state index in [4.69, 9.17) is 4.21 Å². The summed E-state index contributed by atoms with van der Waals surface area (Å²) in [5, 5.41) is 0. The molecule has 3 aromatic rings. The van der Waals surface area contributed by atoms with Gasteiger partial charge in [0, 0.05) is 0 Å². The zero-order valence-electron chi connectivity index (χ0n) is 26.7. The second-order valence-corrected chi connectivity index (χ2v) is 23.6. The monoisotopic (exact) mass is 665 g/mol. The number of fused-ring (bicyclic) bond motifs is 3. The summed E-state index contributed by atoms with van der Waals surface area (Å²) in [5.74, 6) is 0.410. The molecular formula is C38H49Cl2Zr. The first-order valence-electron chi connectivity index (χ1n) is 14.7. The van der Waals surface area contributed by atoms with Gasteiger partial charge < -0.3 is 0 Å². The van der Waals surface area contributed by atoms with Gasteiger partial charge in [-0.05, 0) is 0 Å². The van der Waals surface area contributed by atoms with Crippen molar-refractivity contribution in [2.24, 2.45) is 11.3 Å². The predicted octanol–water partition coefficient (Wildman–Crippen LogP) is 9.74. The average Bonchev–Trinajstić information content (AvgIpc) is 3.42. The van der Waals surface area contributed by atoms with Crippen LogP contribution in [0.3, 0.4) is 0 Å². The molecule has 0 fully saturated rings. The third-order valence-corrected chi connectivity index (χ3v) is 19.7. The van der Waals surface area contributed by atoms with Gasteiger partial charge in [-0.25, -0.2) is 0 Å². The zero-order chi connectivity index (χ0) is 28.5. The molecule has 0 N–H and O–H groups in total. The van der Waals surface area contributed by atoms with E-state index in [1.807, 2.05) is 0 Å². The van der Waals surface area contributed by atoms with Crippen molar-refractivity contribution in [3.63, 3.8) is 0 Å². The van der Waals surface area contributed by atoms with Gasteiger partial charge in [-0.3, -0.25) is 0 Å². The Morgan fingerprint density at radius 3 is 1.88 bits per heavy atom. The van der Waals surface area contributed by atoms with E-state index in [2.05, 4.69) is 142 Å². The molecule has 0 saturated carbocycles. The van der Waals surface area contributed by atoms with E-state index in [1.54, 1.807) is 12.1 Å². The van der Waals surface area contributed by atoms with Gasteiger partial charge in [-0.1, -0.05) is 0 Å². The molecule has 3 aromatic carbocycles. The van der Waals surface area contributed by atoms with E-state index in [0.717, 1.165) is 6.42 Å². The van der Waals surface area contributed by atoms with Crippen molar-refractivity contribution in [2.75, 3.05) is 0 Å². The Morgan fingerprint density at radius 1 is 0.732 bits per heavy atom. The van der Waals surface area contributed by atoms with Crippen LogP contribution in [-0.2, 0) is 37.0 Å². The van der Waals surface area contributed by atoms with Crippen molar-refractivity contribution in [2.45, 2.75) is 86.5 Å². The molecule has 2 aliphatic carbocycles. The summed E-state index contributed by atoms with van der Waals surface area (Å²) in [5.41, 5.74) is 10.6. The van der Waals surface area contributed by atoms with E-state index >= 15 is 0 Å². The molecule has 0 heterocycles. The number of rotatable bonds is 3. The van der Waals surface area contributed by atoms with E-state index in [-0.39, 0.29) is 41.1 Å². The Bertz CT molecular complexity index is 1550. The third-order valence-electron chi connectivity index (χ3n) is 9.03. The van der Waals surface area contributed by atoms with E-state index in [9.17, 15) is 0 Å². The maximum atomic E-state index is 5.44. The molecule has 0 saturated heterocycles. The molecule has 41 heavy (non-hydrogen) atoms. The Morgan fingerprint density at radius 2 is 1.34 bits per heavy atom. The first-order chi connectivity index (χ1) is 18.0. The molecule has 2 aliphatic rings. The zero-order valence-corrected chi connectivity index (χ0v) is 30.8. The van der Waals surface area contributed by atoms with Crippen LogP contribution in [0.2, 0.25) is 0 Å². The third kappa shape index (κ3) is 5.99. The van der Waals surface area contributed by atoms with Crippen molar-refractivity contribution in [3.8, 4) is 11.1 Å². The molecule has 0 spiro atoms. The Labute approximate surface area is 266 Å². The van der Waals surface area contributed by atoms with Crippen molar-refractivity contribution < 1.29 is 19.8 Å². The van der Waals surface area contributed by atoms with E-state index in [0.29, 0.717) is 5.92 Å². The number of hydrogen-bond donors (Lipinski definition) is 0. The second kappa shape index (κ2) is 11.5. The normalized spacial score (nSPS) is 17.9. The van der Waals surface area contributed by atoms with Crippen LogP contribution in [0.1, 0.15) is 91.5 Å². The molecule has 0 aliphatic heterocycles. The Balaban J connectivity index is 0.00000231. The summed E-state index contributed by atoms with van der Waals surface area (Å²) in [6.45, 7) is 23.6. The van der Waals surface area contributed by atoms with Gasteiger partial charge >= 0.3 is 243 Å². The van der Waals surface area contributed by atoms with Crippen LogP contribution in [0, 0.1) is 11.3 Å². The Hall–Kier alpha value is -1.53. The minimum atomic E-state index is -3.67. The van der Waals surface area contributed by atoms with Crippen molar-refractivity contribution >= 4 is 35.6 Å². The van der Waals surface area contributed by atoms with Crippen LogP contribution in [0.15, 0.2) is 81.7 Å². The van der Waals surface area contributed by atoms with Crippen LogP contribution in [0.25, 0.3) is 11.1 Å². The fourth-order valence-electron chi connectivity index (χ4n) is 6.72. The molecule has 2 atom stereocenters. The fourth-order valence-corrected chi connectivity index (χ4v) is 18.0. The average molecular weight is 668 g/mol. The summed E-state index contributed by atoms with van der Waals surface area (Å²) in [4.78, 5) is 0. The molecule has 5 rings (SSSR count). The summed E-state index contributed by atoms with van der Waals surface area (Å²) in [6.07, 6.45) is 6.11. The van der Waals surface area contributed by atoms with Gasteiger partial charge in [0.05, 0.1) is 0 Å². The van der Waals surface area contributed by atoms with Crippen molar-refractivity contribution in [1.82, 2.24) is 0 Å². The number of allylic oxidation sites excluding steroid dienone is 4. The van der Waals surface area contributed by atoms with Crippen LogP contribution in [-0.4, -0.2) is 4.21 Å². The maximum absolute atomic E-state index is 5.44. The molecule has 0 amide bonds. The molecule has 0 aromatic heterocycles. The fraction of sp³-hybridized carbons (Fsp3) is 0.395.